The lowest BCUT2D eigenvalue weighted by atomic mass is 10.3. The molecule has 0 saturated carbocycles. The minimum atomic E-state index is 0.476. The quantitative estimate of drug-likeness (QED) is 0.666. The zero-order valence-corrected chi connectivity index (χ0v) is 9.53. The van der Waals surface area contributed by atoms with Crippen LogP contribution in [0.2, 0.25) is 0 Å². The summed E-state index contributed by atoms with van der Waals surface area (Å²) in [5.74, 6) is 1.27. The van der Waals surface area contributed by atoms with E-state index in [2.05, 4.69) is 30.9 Å². The van der Waals surface area contributed by atoms with E-state index in [1.54, 1.807) is 0 Å². The normalized spacial score (nSPS) is 28.2. The van der Waals surface area contributed by atoms with Crippen LogP contribution in [0.3, 0.4) is 0 Å². The Balaban J connectivity index is 1.93. The van der Waals surface area contributed by atoms with Crippen molar-refractivity contribution in [2.75, 3.05) is 25.4 Å². The molecule has 3 heteroatoms. The Morgan fingerprint density at radius 3 is 3.00 bits per heavy atom. The van der Waals surface area contributed by atoms with Crippen molar-refractivity contribution < 1.29 is 4.74 Å². The van der Waals surface area contributed by atoms with E-state index in [4.69, 9.17) is 4.74 Å². The molecule has 1 fully saturated rings. The monoisotopic (exact) mass is 203 g/mol. The highest BCUT2D eigenvalue weighted by Crippen LogP contribution is 2.26. The summed E-state index contributed by atoms with van der Waals surface area (Å²) in [5.41, 5.74) is 0. The molecule has 2 nitrogen and oxygen atoms in total. The van der Waals surface area contributed by atoms with E-state index in [0.29, 0.717) is 6.10 Å². The first-order valence-corrected chi connectivity index (χ1v) is 6.33. The van der Waals surface area contributed by atoms with Gasteiger partial charge in [0.25, 0.3) is 0 Å². The number of hydrogen-bond acceptors (Lipinski definition) is 3. The molecular weight excluding hydrogens is 182 g/mol. The molecule has 0 aromatic carbocycles. The van der Waals surface area contributed by atoms with Gasteiger partial charge in [0.05, 0.1) is 6.10 Å². The molecule has 1 aliphatic heterocycles. The fourth-order valence-corrected chi connectivity index (χ4v) is 2.77. The maximum atomic E-state index is 5.51. The molecule has 0 amide bonds. The molecule has 2 unspecified atom stereocenters. The van der Waals surface area contributed by atoms with Gasteiger partial charge in [0.1, 0.15) is 0 Å². The van der Waals surface area contributed by atoms with Crippen molar-refractivity contribution in [3.8, 4) is 0 Å². The molecule has 1 saturated heterocycles. The summed E-state index contributed by atoms with van der Waals surface area (Å²) in [5, 5.41) is 4.09. The van der Waals surface area contributed by atoms with Crippen molar-refractivity contribution in [2.45, 2.75) is 38.0 Å². The predicted octanol–water partition coefficient (Wildman–Crippen LogP) is 1.90. The number of hydrogen-bond donors (Lipinski definition) is 1. The van der Waals surface area contributed by atoms with Gasteiger partial charge in [-0.1, -0.05) is 6.92 Å². The van der Waals surface area contributed by atoms with Gasteiger partial charge in [-0.2, -0.15) is 11.8 Å². The van der Waals surface area contributed by atoms with Crippen LogP contribution in [-0.4, -0.2) is 36.8 Å². The van der Waals surface area contributed by atoms with Crippen molar-refractivity contribution in [1.82, 2.24) is 5.32 Å². The van der Waals surface area contributed by atoms with Crippen LogP contribution in [0.5, 0.6) is 0 Å². The van der Waals surface area contributed by atoms with Crippen LogP contribution in [0.4, 0.5) is 0 Å². The van der Waals surface area contributed by atoms with Crippen LogP contribution in [0, 0.1) is 0 Å². The summed E-state index contributed by atoms with van der Waals surface area (Å²) in [6, 6.07) is 0. The van der Waals surface area contributed by atoms with Crippen LogP contribution in [0.1, 0.15) is 26.7 Å². The molecule has 0 aromatic rings. The highest BCUT2D eigenvalue weighted by molar-refractivity contribution is 7.99. The van der Waals surface area contributed by atoms with Crippen molar-refractivity contribution >= 4 is 11.8 Å². The fourth-order valence-electron chi connectivity index (χ4n) is 1.54. The van der Waals surface area contributed by atoms with Crippen molar-refractivity contribution in [3.05, 3.63) is 0 Å². The van der Waals surface area contributed by atoms with E-state index < -0.39 is 0 Å². The van der Waals surface area contributed by atoms with E-state index in [1.165, 1.54) is 18.6 Å². The smallest absolute Gasteiger partial charge is 0.0666 e. The Kier molecular flexibility index (Phi) is 5.83. The first kappa shape index (κ1) is 11.3. The Morgan fingerprint density at radius 1 is 1.54 bits per heavy atom. The van der Waals surface area contributed by atoms with Gasteiger partial charge in [0, 0.05) is 11.9 Å². The molecule has 0 radical (unpaired) electrons. The van der Waals surface area contributed by atoms with E-state index in [1.807, 2.05) is 0 Å². The second kappa shape index (κ2) is 6.68. The zero-order valence-electron chi connectivity index (χ0n) is 8.71. The fraction of sp³-hybridized carbons (Fsp3) is 1.00. The van der Waals surface area contributed by atoms with E-state index in [0.717, 1.165) is 24.9 Å². The topological polar surface area (TPSA) is 21.3 Å². The van der Waals surface area contributed by atoms with Gasteiger partial charge in [0.15, 0.2) is 0 Å². The maximum absolute atomic E-state index is 5.51. The summed E-state index contributed by atoms with van der Waals surface area (Å²) >= 11 is 2.08. The van der Waals surface area contributed by atoms with Gasteiger partial charge in [-0.15, -0.1) is 0 Å². The summed E-state index contributed by atoms with van der Waals surface area (Å²) in [7, 11) is 0. The molecule has 1 rings (SSSR count). The standard InChI is InChI=1S/C10H21NOS/c1-3-11-6-4-8-13-10-5-7-12-9(10)2/h9-11H,3-8H2,1-2H3. The number of thioether (sulfide) groups is 1. The minimum absolute atomic E-state index is 0.476. The average Bonchev–Trinajstić information content (AvgIpc) is 2.52. The molecule has 78 valence electrons. The molecule has 13 heavy (non-hydrogen) atoms. The Morgan fingerprint density at radius 2 is 2.38 bits per heavy atom. The lowest BCUT2D eigenvalue weighted by Gasteiger charge is -2.13. The van der Waals surface area contributed by atoms with Crippen LogP contribution >= 0.6 is 11.8 Å². The summed E-state index contributed by atoms with van der Waals surface area (Å²) in [4.78, 5) is 0. The van der Waals surface area contributed by atoms with Gasteiger partial charge in [-0.25, -0.2) is 0 Å². The highest BCUT2D eigenvalue weighted by Gasteiger charge is 2.23. The molecule has 1 N–H and O–H groups in total. The largest absolute Gasteiger partial charge is 0.377 e. The molecular formula is C10H21NOS. The molecule has 0 aromatic heterocycles. The molecule has 1 aliphatic rings. The Bertz CT molecular complexity index is 132. The first-order chi connectivity index (χ1) is 6.34. The Labute approximate surface area is 85.8 Å². The number of nitrogens with one attached hydrogen (secondary N) is 1. The Hall–Kier alpha value is 0.270. The lowest BCUT2D eigenvalue weighted by molar-refractivity contribution is 0.127. The van der Waals surface area contributed by atoms with Gasteiger partial charge >= 0.3 is 0 Å². The number of rotatable bonds is 6. The first-order valence-electron chi connectivity index (χ1n) is 5.28. The summed E-state index contributed by atoms with van der Waals surface area (Å²) in [6.45, 7) is 7.56. The molecule has 1 heterocycles. The number of ether oxygens (including phenoxy) is 1. The average molecular weight is 203 g/mol. The summed E-state index contributed by atoms with van der Waals surface area (Å²) in [6.07, 6.45) is 3.00. The van der Waals surface area contributed by atoms with Gasteiger partial charge < -0.3 is 10.1 Å². The molecule has 0 aliphatic carbocycles. The van der Waals surface area contributed by atoms with E-state index in [9.17, 15) is 0 Å². The van der Waals surface area contributed by atoms with Crippen LogP contribution in [-0.2, 0) is 4.74 Å². The summed E-state index contributed by atoms with van der Waals surface area (Å²) < 4.78 is 5.51. The minimum Gasteiger partial charge on any atom is -0.377 e. The third-order valence-corrected chi connectivity index (χ3v) is 3.96. The van der Waals surface area contributed by atoms with Gasteiger partial charge in [-0.05, 0) is 38.6 Å². The maximum Gasteiger partial charge on any atom is 0.0666 e. The van der Waals surface area contributed by atoms with Crippen LogP contribution in [0.25, 0.3) is 0 Å². The van der Waals surface area contributed by atoms with Crippen molar-refractivity contribution in [3.63, 3.8) is 0 Å². The second-order valence-corrected chi connectivity index (χ2v) is 4.83. The predicted molar refractivity (Wildman–Crippen MR) is 59.4 cm³/mol. The van der Waals surface area contributed by atoms with Crippen molar-refractivity contribution in [1.29, 1.82) is 0 Å². The zero-order chi connectivity index (χ0) is 9.52. The third-order valence-electron chi connectivity index (χ3n) is 2.39. The van der Waals surface area contributed by atoms with Crippen LogP contribution < -0.4 is 5.32 Å². The van der Waals surface area contributed by atoms with E-state index in [-0.39, 0.29) is 0 Å². The molecule has 2 atom stereocenters. The molecule has 0 spiro atoms. The van der Waals surface area contributed by atoms with Gasteiger partial charge in [-0.3, -0.25) is 0 Å². The van der Waals surface area contributed by atoms with Crippen molar-refractivity contribution in [2.24, 2.45) is 0 Å². The third kappa shape index (κ3) is 4.34. The molecule has 0 bridgehead atoms. The SMILES string of the molecule is CCNCCCSC1CCOC1C. The van der Waals surface area contributed by atoms with Crippen LogP contribution in [0.15, 0.2) is 0 Å². The highest BCUT2D eigenvalue weighted by atomic mass is 32.2. The van der Waals surface area contributed by atoms with E-state index >= 15 is 0 Å². The lowest BCUT2D eigenvalue weighted by Crippen LogP contribution is -2.17. The van der Waals surface area contributed by atoms with Gasteiger partial charge in [0.2, 0.25) is 0 Å². The second-order valence-electron chi connectivity index (χ2n) is 3.48.